The van der Waals surface area contributed by atoms with Crippen molar-refractivity contribution in [1.29, 1.82) is 0 Å². The number of hydrogen-bond donors (Lipinski definition) is 1. The number of hydrogen-bond acceptors (Lipinski definition) is 3. The summed E-state index contributed by atoms with van der Waals surface area (Å²) in [6, 6.07) is 0.162. The lowest BCUT2D eigenvalue weighted by Gasteiger charge is -2.35. The Hall–Kier alpha value is -1.06. The molecule has 0 aromatic heterocycles. The number of carbonyl (C=O) groups is 2. The van der Waals surface area contributed by atoms with Gasteiger partial charge in [0, 0.05) is 13.0 Å². The molecule has 1 rings (SSSR count). The van der Waals surface area contributed by atoms with Crippen LogP contribution in [-0.4, -0.2) is 25.0 Å². The van der Waals surface area contributed by atoms with Gasteiger partial charge in [-0.3, -0.25) is 9.59 Å². The number of ether oxygens (including phenoxy) is 1. The fourth-order valence-corrected chi connectivity index (χ4v) is 3.00. The highest BCUT2D eigenvalue weighted by Crippen LogP contribution is 2.34. The van der Waals surface area contributed by atoms with Gasteiger partial charge in [-0.05, 0) is 31.1 Å². The molecule has 4 heteroatoms. The van der Waals surface area contributed by atoms with Gasteiger partial charge in [-0.2, -0.15) is 0 Å². The van der Waals surface area contributed by atoms with Crippen LogP contribution in [0.25, 0.3) is 0 Å². The SMILES string of the molecule is COC(=O)[C@@H]1CCC[C@H]([C@@H](NC(C)=O)C(C)C)C1. The summed E-state index contributed by atoms with van der Waals surface area (Å²) in [4.78, 5) is 22.9. The molecule has 1 fully saturated rings. The monoisotopic (exact) mass is 255 g/mol. The van der Waals surface area contributed by atoms with Gasteiger partial charge in [0.15, 0.2) is 0 Å². The van der Waals surface area contributed by atoms with E-state index in [-0.39, 0.29) is 23.8 Å². The van der Waals surface area contributed by atoms with E-state index in [1.54, 1.807) is 6.92 Å². The van der Waals surface area contributed by atoms with Crippen LogP contribution in [0, 0.1) is 17.8 Å². The molecule has 0 saturated heterocycles. The maximum atomic E-state index is 11.6. The van der Waals surface area contributed by atoms with Crippen molar-refractivity contribution < 1.29 is 14.3 Å². The molecular formula is C14H25NO3. The van der Waals surface area contributed by atoms with E-state index in [1.807, 2.05) is 0 Å². The third kappa shape index (κ3) is 4.00. The molecule has 0 radical (unpaired) electrons. The lowest BCUT2D eigenvalue weighted by atomic mass is 9.75. The van der Waals surface area contributed by atoms with Crippen LogP contribution in [-0.2, 0) is 14.3 Å². The average Bonchev–Trinajstić information content (AvgIpc) is 2.34. The van der Waals surface area contributed by atoms with E-state index in [9.17, 15) is 9.59 Å². The van der Waals surface area contributed by atoms with Crippen LogP contribution in [0.15, 0.2) is 0 Å². The molecule has 0 unspecified atom stereocenters. The molecule has 1 amide bonds. The molecule has 104 valence electrons. The Morgan fingerprint density at radius 1 is 1.28 bits per heavy atom. The maximum Gasteiger partial charge on any atom is 0.308 e. The molecule has 0 aromatic carbocycles. The standard InChI is InChI=1S/C14H25NO3/c1-9(2)13(15-10(3)16)11-6-5-7-12(8-11)14(17)18-4/h9,11-13H,5-8H2,1-4H3,(H,15,16)/t11-,12+,13-/m0/s1. The van der Waals surface area contributed by atoms with Crippen molar-refractivity contribution in [3.05, 3.63) is 0 Å². The van der Waals surface area contributed by atoms with E-state index in [0.717, 1.165) is 25.7 Å². The number of amides is 1. The number of carbonyl (C=O) groups excluding carboxylic acids is 2. The second kappa shape index (κ2) is 6.76. The Labute approximate surface area is 109 Å². The van der Waals surface area contributed by atoms with Crippen LogP contribution < -0.4 is 5.32 Å². The highest BCUT2D eigenvalue weighted by molar-refractivity contribution is 5.73. The van der Waals surface area contributed by atoms with Crippen LogP contribution in [0.3, 0.4) is 0 Å². The van der Waals surface area contributed by atoms with Crippen LogP contribution in [0.2, 0.25) is 0 Å². The Morgan fingerprint density at radius 2 is 1.94 bits per heavy atom. The molecule has 18 heavy (non-hydrogen) atoms. The quantitative estimate of drug-likeness (QED) is 0.783. The largest absolute Gasteiger partial charge is 0.469 e. The number of rotatable bonds is 4. The van der Waals surface area contributed by atoms with Gasteiger partial charge in [0.25, 0.3) is 0 Å². The first-order chi connectivity index (χ1) is 8.45. The second-order valence-corrected chi connectivity index (χ2v) is 5.62. The minimum Gasteiger partial charge on any atom is -0.469 e. The zero-order valence-electron chi connectivity index (χ0n) is 11.9. The topological polar surface area (TPSA) is 55.4 Å². The molecule has 1 aliphatic rings. The van der Waals surface area contributed by atoms with E-state index < -0.39 is 0 Å². The molecule has 4 nitrogen and oxygen atoms in total. The Balaban J connectivity index is 2.67. The lowest BCUT2D eigenvalue weighted by molar-refractivity contribution is -0.147. The predicted molar refractivity (Wildman–Crippen MR) is 69.9 cm³/mol. The van der Waals surface area contributed by atoms with Gasteiger partial charge in [-0.1, -0.05) is 20.3 Å². The van der Waals surface area contributed by atoms with Crippen molar-refractivity contribution in [3.63, 3.8) is 0 Å². The Kier molecular flexibility index (Phi) is 5.63. The minimum absolute atomic E-state index is 0.00348. The zero-order chi connectivity index (χ0) is 13.7. The van der Waals surface area contributed by atoms with E-state index in [0.29, 0.717) is 11.8 Å². The summed E-state index contributed by atoms with van der Waals surface area (Å²) in [5.74, 6) is 0.671. The highest BCUT2D eigenvalue weighted by Gasteiger charge is 2.33. The average molecular weight is 255 g/mol. The molecule has 0 heterocycles. The summed E-state index contributed by atoms with van der Waals surface area (Å²) in [6.07, 6.45) is 3.85. The minimum atomic E-state index is -0.106. The first-order valence-electron chi connectivity index (χ1n) is 6.80. The van der Waals surface area contributed by atoms with Gasteiger partial charge >= 0.3 is 5.97 Å². The van der Waals surface area contributed by atoms with Crippen molar-refractivity contribution in [2.75, 3.05) is 7.11 Å². The molecule has 1 aliphatic carbocycles. The Bertz CT molecular complexity index is 301. The second-order valence-electron chi connectivity index (χ2n) is 5.62. The van der Waals surface area contributed by atoms with Gasteiger partial charge in [-0.25, -0.2) is 0 Å². The smallest absolute Gasteiger partial charge is 0.308 e. The predicted octanol–water partition coefficient (Wildman–Crippen LogP) is 2.13. The number of methoxy groups -OCH3 is 1. The van der Waals surface area contributed by atoms with Gasteiger partial charge < -0.3 is 10.1 Å². The third-order valence-corrected chi connectivity index (χ3v) is 3.85. The fourth-order valence-electron chi connectivity index (χ4n) is 3.00. The van der Waals surface area contributed by atoms with Crippen molar-refractivity contribution in [2.24, 2.45) is 17.8 Å². The number of nitrogens with one attached hydrogen (secondary N) is 1. The molecule has 0 bridgehead atoms. The van der Waals surface area contributed by atoms with E-state index >= 15 is 0 Å². The molecule has 1 N–H and O–H groups in total. The van der Waals surface area contributed by atoms with Crippen LogP contribution in [0.5, 0.6) is 0 Å². The number of esters is 1. The van der Waals surface area contributed by atoms with Crippen LogP contribution >= 0.6 is 0 Å². The van der Waals surface area contributed by atoms with Crippen molar-refractivity contribution in [1.82, 2.24) is 5.32 Å². The summed E-state index contributed by atoms with van der Waals surface area (Å²) < 4.78 is 4.83. The van der Waals surface area contributed by atoms with E-state index in [1.165, 1.54) is 7.11 Å². The van der Waals surface area contributed by atoms with Gasteiger partial charge in [0.1, 0.15) is 0 Å². The first kappa shape index (κ1) is 15.0. The first-order valence-corrected chi connectivity index (χ1v) is 6.80. The summed E-state index contributed by atoms with van der Waals surface area (Å²) >= 11 is 0. The molecule has 3 atom stereocenters. The molecule has 1 saturated carbocycles. The highest BCUT2D eigenvalue weighted by atomic mass is 16.5. The molecule has 0 aromatic rings. The van der Waals surface area contributed by atoms with Gasteiger partial charge in [-0.15, -0.1) is 0 Å². The maximum absolute atomic E-state index is 11.6. The van der Waals surface area contributed by atoms with Crippen molar-refractivity contribution >= 4 is 11.9 Å². The summed E-state index contributed by atoms with van der Waals surface area (Å²) in [5.41, 5.74) is 0. The Morgan fingerprint density at radius 3 is 2.44 bits per heavy atom. The molecule has 0 spiro atoms. The van der Waals surface area contributed by atoms with Gasteiger partial charge in [0.2, 0.25) is 5.91 Å². The van der Waals surface area contributed by atoms with Crippen LogP contribution in [0.1, 0.15) is 46.5 Å². The summed E-state index contributed by atoms with van der Waals surface area (Å²) in [7, 11) is 1.44. The molecule has 0 aliphatic heterocycles. The van der Waals surface area contributed by atoms with Gasteiger partial charge in [0.05, 0.1) is 13.0 Å². The van der Waals surface area contributed by atoms with E-state index in [2.05, 4.69) is 19.2 Å². The fraction of sp³-hybridized carbons (Fsp3) is 0.857. The zero-order valence-corrected chi connectivity index (χ0v) is 11.9. The van der Waals surface area contributed by atoms with E-state index in [4.69, 9.17) is 4.74 Å². The van der Waals surface area contributed by atoms with Crippen LogP contribution in [0.4, 0.5) is 0 Å². The lowest BCUT2D eigenvalue weighted by Crippen LogP contribution is -2.45. The summed E-state index contributed by atoms with van der Waals surface area (Å²) in [6.45, 7) is 5.78. The molecular weight excluding hydrogens is 230 g/mol. The summed E-state index contributed by atoms with van der Waals surface area (Å²) in [5, 5.41) is 3.04. The van der Waals surface area contributed by atoms with Crippen molar-refractivity contribution in [3.8, 4) is 0 Å². The third-order valence-electron chi connectivity index (χ3n) is 3.85. The van der Waals surface area contributed by atoms with Crippen molar-refractivity contribution in [2.45, 2.75) is 52.5 Å². The normalized spacial score (nSPS) is 25.6.